The molecule has 2 heterocycles. The van der Waals surface area contributed by atoms with Gasteiger partial charge in [0.15, 0.2) is 5.82 Å². The van der Waals surface area contributed by atoms with Crippen LogP contribution in [-0.4, -0.2) is 21.5 Å². The molecule has 0 atom stereocenters. The van der Waals surface area contributed by atoms with E-state index in [0.29, 0.717) is 5.82 Å². The van der Waals surface area contributed by atoms with Crippen LogP contribution in [0, 0.1) is 10.5 Å². The summed E-state index contributed by atoms with van der Waals surface area (Å²) >= 11 is 2.30. The molecule has 0 radical (unpaired) electrons. The van der Waals surface area contributed by atoms with Gasteiger partial charge in [-0.15, -0.1) is 0 Å². The van der Waals surface area contributed by atoms with E-state index in [2.05, 4.69) is 56.7 Å². The lowest BCUT2D eigenvalue weighted by atomic mass is 10.2. The monoisotopic (exact) mass is 368 g/mol. The quantitative estimate of drug-likeness (QED) is 0.840. The van der Waals surface area contributed by atoms with Crippen LogP contribution in [0.1, 0.15) is 25.1 Å². The summed E-state index contributed by atoms with van der Waals surface area (Å²) in [5, 5.41) is 3.29. The molecule has 0 unspecified atom stereocenters. The molecule has 2 aromatic heterocycles. The average molecular weight is 368 g/mol. The molecule has 0 fully saturated rings. The lowest BCUT2D eigenvalue weighted by molar-refractivity contribution is 0.974. The predicted molar refractivity (Wildman–Crippen MR) is 86.3 cm³/mol. The van der Waals surface area contributed by atoms with Crippen molar-refractivity contribution in [1.29, 1.82) is 0 Å². The van der Waals surface area contributed by atoms with Crippen molar-refractivity contribution in [1.82, 2.24) is 15.0 Å². The highest BCUT2D eigenvalue weighted by atomic mass is 127. The molecule has 0 aliphatic carbocycles. The van der Waals surface area contributed by atoms with E-state index < -0.39 is 0 Å². The molecule has 0 spiro atoms. The van der Waals surface area contributed by atoms with Crippen molar-refractivity contribution in [2.24, 2.45) is 0 Å². The number of aryl methyl sites for hydroxylation is 2. The predicted octanol–water partition coefficient (Wildman–Crippen LogP) is 3.45. The van der Waals surface area contributed by atoms with Crippen LogP contribution < -0.4 is 5.32 Å². The van der Waals surface area contributed by atoms with E-state index in [1.165, 1.54) is 0 Å². The van der Waals surface area contributed by atoms with Crippen molar-refractivity contribution >= 4 is 28.4 Å². The summed E-state index contributed by atoms with van der Waals surface area (Å²) in [4.78, 5) is 13.7. The van der Waals surface area contributed by atoms with Gasteiger partial charge in [0.25, 0.3) is 0 Å². The SMILES string of the molecule is CCNc1nc(-c2ncccc2C)nc(CC)c1I. The molecule has 0 saturated heterocycles. The second-order valence-corrected chi connectivity index (χ2v) is 5.29. The third-order valence-electron chi connectivity index (χ3n) is 2.82. The lowest BCUT2D eigenvalue weighted by Crippen LogP contribution is -2.08. The van der Waals surface area contributed by atoms with E-state index in [1.54, 1.807) is 6.20 Å². The molecule has 0 aliphatic heterocycles. The minimum atomic E-state index is 0.700. The molecule has 0 aromatic carbocycles. The van der Waals surface area contributed by atoms with Gasteiger partial charge in [0, 0.05) is 12.7 Å². The number of hydrogen-bond acceptors (Lipinski definition) is 4. The fourth-order valence-corrected chi connectivity index (χ4v) is 2.65. The van der Waals surface area contributed by atoms with Gasteiger partial charge in [0.05, 0.1) is 9.26 Å². The molecule has 1 N–H and O–H groups in total. The highest BCUT2D eigenvalue weighted by Gasteiger charge is 2.13. The van der Waals surface area contributed by atoms with Crippen LogP contribution in [0.15, 0.2) is 18.3 Å². The Hall–Kier alpha value is -1.24. The van der Waals surface area contributed by atoms with E-state index in [9.17, 15) is 0 Å². The number of aromatic nitrogens is 3. The van der Waals surface area contributed by atoms with Gasteiger partial charge < -0.3 is 5.32 Å². The summed E-state index contributed by atoms with van der Waals surface area (Å²) in [6, 6.07) is 3.96. The number of halogens is 1. The Bertz CT molecular complexity index is 584. The van der Waals surface area contributed by atoms with E-state index >= 15 is 0 Å². The first-order chi connectivity index (χ1) is 9.17. The lowest BCUT2D eigenvalue weighted by Gasteiger charge is -2.11. The van der Waals surface area contributed by atoms with Crippen molar-refractivity contribution in [2.75, 3.05) is 11.9 Å². The summed E-state index contributed by atoms with van der Waals surface area (Å²) in [5.74, 6) is 1.60. The largest absolute Gasteiger partial charge is 0.369 e. The molecule has 5 heteroatoms. The topological polar surface area (TPSA) is 50.7 Å². The Morgan fingerprint density at radius 3 is 2.68 bits per heavy atom. The Labute approximate surface area is 127 Å². The molecule has 2 aromatic rings. The highest BCUT2D eigenvalue weighted by molar-refractivity contribution is 14.1. The van der Waals surface area contributed by atoms with Crippen LogP contribution in [-0.2, 0) is 6.42 Å². The van der Waals surface area contributed by atoms with Gasteiger partial charge >= 0.3 is 0 Å². The molecule has 0 saturated carbocycles. The first-order valence-electron chi connectivity index (χ1n) is 6.39. The van der Waals surface area contributed by atoms with Crippen LogP contribution in [0.3, 0.4) is 0 Å². The zero-order chi connectivity index (χ0) is 13.8. The second-order valence-electron chi connectivity index (χ2n) is 4.21. The normalized spacial score (nSPS) is 10.5. The molecule has 19 heavy (non-hydrogen) atoms. The molecule has 0 amide bonds. The van der Waals surface area contributed by atoms with E-state index in [4.69, 9.17) is 0 Å². The molecule has 4 nitrogen and oxygen atoms in total. The maximum atomic E-state index is 4.64. The Morgan fingerprint density at radius 1 is 1.26 bits per heavy atom. The smallest absolute Gasteiger partial charge is 0.180 e. The van der Waals surface area contributed by atoms with Crippen LogP contribution in [0.4, 0.5) is 5.82 Å². The van der Waals surface area contributed by atoms with Gasteiger partial charge in [-0.05, 0) is 54.5 Å². The molecule has 0 aliphatic rings. The van der Waals surface area contributed by atoms with Crippen LogP contribution in [0.25, 0.3) is 11.5 Å². The maximum Gasteiger partial charge on any atom is 0.180 e. The van der Waals surface area contributed by atoms with Gasteiger partial charge in [-0.1, -0.05) is 13.0 Å². The fourth-order valence-electron chi connectivity index (χ4n) is 1.84. The van der Waals surface area contributed by atoms with Gasteiger partial charge in [0.1, 0.15) is 11.5 Å². The zero-order valence-electron chi connectivity index (χ0n) is 11.4. The zero-order valence-corrected chi connectivity index (χ0v) is 13.5. The number of anilines is 1. The second kappa shape index (κ2) is 6.27. The standard InChI is InChI=1S/C14H17IN4/c1-4-10-11(15)13(16-5-2)19-14(18-10)12-9(3)7-6-8-17-12/h6-8H,4-5H2,1-3H3,(H,16,18,19). The molecule has 0 bridgehead atoms. The Morgan fingerprint density at radius 2 is 2.05 bits per heavy atom. The van der Waals surface area contributed by atoms with Crippen molar-refractivity contribution < 1.29 is 0 Å². The van der Waals surface area contributed by atoms with Gasteiger partial charge in [-0.3, -0.25) is 4.98 Å². The van der Waals surface area contributed by atoms with Crippen molar-refractivity contribution in [3.8, 4) is 11.5 Å². The number of pyridine rings is 1. The first kappa shape index (κ1) is 14.2. The summed E-state index contributed by atoms with van der Waals surface area (Å²) in [6.07, 6.45) is 2.67. The molecular weight excluding hydrogens is 351 g/mol. The van der Waals surface area contributed by atoms with Gasteiger partial charge in [0.2, 0.25) is 0 Å². The van der Waals surface area contributed by atoms with Gasteiger partial charge in [-0.25, -0.2) is 9.97 Å². The van der Waals surface area contributed by atoms with Crippen molar-refractivity contribution in [2.45, 2.75) is 27.2 Å². The van der Waals surface area contributed by atoms with E-state index in [-0.39, 0.29) is 0 Å². The van der Waals surface area contributed by atoms with Crippen LogP contribution in [0.5, 0.6) is 0 Å². The minimum absolute atomic E-state index is 0.700. The highest BCUT2D eigenvalue weighted by Crippen LogP contribution is 2.24. The van der Waals surface area contributed by atoms with Gasteiger partial charge in [-0.2, -0.15) is 0 Å². The Balaban J connectivity index is 2.58. The summed E-state index contributed by atoms with van der Waals surface area (Å²) in [7, 11) is 0. The van der Waals surface area contributed by atoms with Crippen molar-refractivity contribution in [3.05, 3.63) is 33.2 Å². The summed E-state index contributed by atoms with van der Waals surface area (Å²) < 4.78 is 1.10. The third kappa shape index (κ3) is 3.02. The minimum Gasteiger partial charge on any atom is -0.369 e. The third-order valence-corrected chi connectivity index (χ3v) is 3.95. The van der Waals surface area contributed by atoms with Crippen LogP contribution >= 0.6 is 22.6 Å². The Kier molecular flexibility index (Phi) is 4.68. The maximum absolute atomic E-state index is 4.64. The first-order valence-corrected chi connectivity index (χ1v) is 7.47. The molecular formula is C14H17IN4. The fraction of sp³-hybridized carbons (Fsp3) is 0.357. The van der Waals surface area contributed by atoms with Crippen LogP contribution in [0.2, 0.25) is 0 Å². The summed E-state index contributed by atoms with van der Waals surface area (Å²) in [6.45, 7) is 7.05. The summed E-state index contributed by atoms with van der Waals surface area (Å²) in [5.41, 5.74) is 3.01. The van der Waals surface area contributed by atoms with E-state index in [0.717, 1.165) is 39.3 Å². The number of nitrogens with zero attached hydrogens (tertiary/aromatic N) is 3. The molecule has 2 rings (SSSR count). The number of rotatable bonds is 4. The molecule has 100 valence electrons. The number of nitrogens with one attached hydrogen (secondary N) is 1. The number of hydrogen-bond donors (Lipinski definition) is 1. The van der Waals surface area contributed by atoms with Crippen molar-refractivity contribution in [3.63, 3.8) is 0 Å². The van der Waals surface area contributed by atoms with E-state index in [1.807, 2.05) is 19.1 Å². The average Bonchev–Trinajstić information content (AvgIpc) is 2.42.